The van der Waals surface area contributed by atoms with Crippen molar-refractivity contribution in [1.29, 1.82) is 0 Å². The number of likely N-dealkylation sites (tertiary alicyclic amines) is 1. The monoisotopic (exact) mass is 401 g/mol. The Morgan fingerprint density at radius 2 is 1.79 bits per heavy atom. The number of piperazine rings is 1. The molecule has 0 spiro atoms. The molecule has 6 nitrogen and oxygen atoms in total. The third-order valence-corrected chi connectivity index (χ3v) is 6.02. The summed E-state index contributed by atoms with van der Waals surface area (Å²) in [5.41, 5.74) is 2.18. The van der Waals surface area contributed by atoms with Crippen molar-refractivity contribution in [2.24, 2.45) is 0 Å². The average Bonchev–Trinajstić information content (AvgIpc) is 3.41. The van der Waals surface area contributed by atoms with Crippen molar-refractivity contribution < 1.29 is 14.5 Å². The molecular formula is C21H26ClN4O2+. The highest BCUT2D eigenvalue weighted by Gasteiger charge is 2.26. The van der Waals surface area contributed by atoms with Crippen molar-refractivity contribution in [2.75, 3.05) is 50.7 Å². The molecule has 28 heavy (non-hydrogen) atoms. The SMILES string of the molecule is O=C(C[NH+]1CCN(c2ccccc2Cl)CC1)c1c[nH]c(C(=O)N2CCCC2)c1. The van der Waals surface area contributed by atoms with E-state index in [4.69, 9.17) is 11.6 Å². The van der Waals surface area contributed by atoms with Crippen LogP contribution in [0, 0.1) is 0 Å². The molecule has 3 heterocycles. The third kappa shape index (κ3) is 4.08. The van der Waals surface area contributed by atoms with Crippen LogP contribution in [0.15, 0.2) is 36.5 Å². The number of nitrogens with zero attached hydrogens (tertiary/aromatic N) is 2. The summed E-state index contributed by atoms with van der Waals surface area (Å²) in [6, 6.07) is 9.59. The molecule has 2 saturated heterocycles. The molecule has 0 atom stereocenters. The number of halogens is 1. The number of nitrogens with one attached hydrogen (secondary N) is 2. The van der Waals surface area contributed by atoms with E-state index in [2.05, 4.69) is 9.88 Å². The lowest BCUT2D eigenvalue weighted by molar-refractivity contribution is -0.892. The Bertz CT molecular complexity index is 852. The van der Waals surface area contributed by atoms with Gasteiger partial charge in [0.15, 0.2) is 0 Å². The molecule has 0 bridgehead atoms. The van der Waals surface area contributed by atoms with Gasteiger partial charge in [-0.15, -0.1) is 0 Å². The van der Waals surface area contributed by atoms with Crippen LogP contribution < -0.4 is 9.80 Å². The largest absolute Gasteiger partial charge is 0.359 e. The van der Waals surface area contributed by atoms with E-state index in [0.717, 1.165) is 62.8 Å². The lowest BCUT2D eigenvalue weighted by Gasteiger charge is -2.33. The van der Waals surface area contributed by atoms with Gasteiger partial charge in [-0.1, -0.05) is 23.7 Å². The molecule has 0 saturated carbocycles. The second kappa shape index (κ2) is 8.37. The minimum absolute atomic E-state index is 0.00255. The maximum atomic E-state index is 12.7. The Morgan fingerprint density at radius 1 is 1.07 bits per heavy atom. The standard InChI is InChI=1S/C21H25ClN4O2/c22-17-5-1-2-6-19(17)25-11-9-24(10-12-25)15-20(27)16-13-18(23-14-16)21(28)26-7-3-4-8-26/h1-2,5-6,13-14,23H,3-4,7-12,15H2/p+1. The normalized spacial score (nSPS) is 17.9. The van der Waals surface area contributed by atoms with Crippen LogP contribution in [0.4, 0.5) is 5.69 Å². The van der Waals surface area contributed by atoms with Crippen LogP contribution >= 0.6 is 11.6 Å². The van der Waals surface area contributed by atoms with Crippen LogP contribution in [-0.2, 0) is 0 Å². The maximum absolute atomic E-state index is 12.7. The lowest BCUT2D eigenvalue weighted by Crippen LogP contribution is -3.15. The van der Waals surface area contributed by atoms with E-state index in [1.54, 1.807) is 12.3 Å². The zero-order valence-corrected chi connectivity index (χ0v) is 16.7. The van der Waals surface area contributed by atoms with Crippen LogP contribution in [-0.4, -0.2) is 67.4 Å². The van der Waals surface area contributed by atoms with Crippen LogP contribution in [0.25, 0.3) is 0 Å². The van der Waals surface area contributed by atoms with E-state index >= 15 is 0 Å². The second-order valence-corrected chi connectivity index (χ2v) is 8.00. The molecule has 2 aliphatic heterocycles. The van der Waals surface area contributed by atoms with Gasteiger partial charge in [0.25, 0.3) is 5.91 Å². The van der Waals surface area contributed by atoms with Gasteiger partial charge in [-0.05, 0) is 31.0 Å². The van der Waals surface area contributed by atoms with Crippen molar-refractivity contribution in [3.63, 3.8) is 0 Å². The zero-order valence-electron chi connectivity index (χ0n) is 15.9. The van der Waals surface area contributed by atoms with Gasteiger partial charge in [0.1, 0.15) is 12.2 Å². The van der Waals surface area contributed by atoms with E-state index in [9.17, 15) is 9.59 Å². The first kappa shape index (κ1) is 19.0. The first-order valence-corrected chi connectivity index (χ1v) is 10.3. The number of aromatic nitrogens is 1. The summed E-state index contributed by atoms with van der Waals surface area (Å²) in [6.45, 7) is 5.59. The third-order valence-electron chi connectivity index (χ3n) is 5.70. The Labute approximate surface area is 170 Å². The fourth-order valence-corrected chi connectivity index (χ4v) is 4.30. The predicted molar refractivity (Wildman–Crippen MR) is 109 cm³/mol. The fourth-order valence-electron chi connectivity index (χ4n) is 4.05. The number of carbonyl (C=O) groups is 2. The minimum Gasteiger partial charge on any atom is -0.359 e. The summed E-state index contributed by atoms with van der Waals surface area (Å²) in [4.78, 5) is 33.5. The number of Topliss-reactive ketones (excluding diaryl/α,β-unsaturated/α-hetero) is 1. The first-order valence-electron chi connectivity index (χ1n) is 9.96. The lowest BCUT2D eigenvalue weighted by atomic mass is 10.1. The number of aromatic amines is 1. The number of benzene rings is 1. The van der Waals surface area contributed by atoms with Gasteiger partial charge < -0.3 is 19.7 Å². The maximum Gasteiger partial charge on any atom is 0.270 e. The number of ketones is 1. The van der Waals surface area contributed by atoms with E-state index in [-0.39, 0.29) is 11.7 Å². The summed E-state index contributed by atoms with van der Waals surface area (Å²) in [7, 11) is 0. The van der Waals surface area contributed by atoms with Crippen LogP contribution in [0.5, 0.6) is 0 Å². The Kier molecular flexibility index (Phi) is 5.69. The Hall–Kier alpha value is -2.31. The molecule has 1 aromatic heterocycles. The highest BCUT2D eigenvalue weighted by molar-refractivity contribution is 6.33. The number of quaternary nitrogens is 1. The predicted octanol–water partition coefficient (Wildman–Crippen LogP) is 1.49. The van der Waals surface area contributed by atoms with Crippen molar-refractivity contribution in [3.05, 3.63) is 52.8 Å². The van der Waals surface area contributed by atoms with Crippen molar-refractivity contribution in [1.82, 2.24) is 9.88 Å². The molecule has 2 aliphatic rings. The highest BCUT2D eigenvalue weighted by atomic mass is 35.5. The summed E-state index contributed by atoms with van der Waals surface area (Å²) in [6.07, 6.45) is 3.79. The van der Waals surface area contributed by atoms with Crippen LogP contribution in [0.1, 0.15) is 33.7 Å². The number of hydrogen-bond donors (Lipinski definition) is 2. The highest BCUT2D eigenvalue weighted by Crippen LogP contribution is 2.24. The summed E-state index contributed by atoms with van der Waals surface area (Å²) >= 11 is 6.30. The van der Waals surface area contributed by atoms with Gasteiger partial charge in [0, 0.05) is 24.8 Å². The summed E-state index contributed by atoms with van der Waals surface area (Å²) in [5, 5.41) is 0.768. The molecule has 1 aromatic carbocycles. The quantitative estimate of drug-likeness (QED) is 0.746. The summed E-state index contributed by atoms with van der Waals surface area (Å²) < 4.78 is 0. The molecule has 148 valence electrons. The number of amides is 1. The molecule has 0 unspecified atom stereocenters. The van der Waals surface area contributed by atoms with Crippen LogP contribution in [0.2, 0.25) is 5.02 Å². The summed E-state index contributed by atoms with van der Waals surface area (Å²) in [5.74, 6) is 0.0789. The van der Waals surface area contributed by atoms with E-state index in [0.29, 0.717) is 17.8 Å². The van der Waals surface area contributed by atoms with Gasteiger partial charge in [0.05, 0.1) is 36.9 Å². The number of carbonyl (C=O) groups excluding carboxylic acids is 2. The molecule has 2 N–H and O–H groups in total. The van der Waals surface area contributed by atoms with Crippen molar-refractivity contribution in [3.8, 4) is 0 Å². The Balaban J connectivity index is 1.31. The second-order valence-electron chi connectivity index (χ2n) is 7.59. The molecule has 7 heteroatoms. The van der Waals surface area contributed by atoms with Gasteiger partial charge in [0.2, 0.25) is 5.78 Å². The van der Waals surface area contributed by atoms with Gasteiger partial charge in [-0.3, -0.25) is 9.59 Å². The van der Waals surface area contributed by atoms with Crippen molar-refractivity contribution in [2.45, 2.75) is 12.8 Å². The van der Waals surface area contributed by atoms with E-state index in [1.807, 2.05) is 29.2 Å². The van der Waals surface area contributed by atoms with Gasteiger partial charge >= 0.3 is 0 Å². The number of H-pyrrole nitrogens is 1. The Morgan fingerprint density at radius 3 is 2.50 bits per heavy atom. The molecule has 2 fully saturated rings. The minimum atomic E-state index is -0.00255. The number of hydrogen-bond acceptors (Lipinski definition) is 3. The molecule has 0 radical (unpaired) electrons. The number of rotatable bonds is 5. The van der Waals surface area contributed by atoms with Crippen molar-refractivity contribution >= 4 is 29.0 Å². The fraction of sp³-hybridized carbons (Fsp3) is 0.429. The molecular weight excluding hydrogens is 376 g/mol. The first-order chi connectivity index (χ1) is 13.6. The van der Waals surface area contributed by atoms with Crippen LogP contribution in [0.3, 0.4) is 0 Å². The topological polar surface area (TPSA) is 60.9 Å². The van der Waals surface area contributed by atoms with E-state index in [1.165, 1.54) is 4.90 Å². The molecule has 1 amide bonds. The number of para-hydroxylation sites is 1. The molecule has 4 rings (SSSR count). The average molecular weight is 402 g/mol. The zero-order chi connectivity index (χ0) is 19.5. The van der Waals surface area contributed by atoms with Gasteiger partial charge in [-0.2, -0.15) is 0 Å². The van der Waals surface area contributed by atoms with E-state index < -0.39 is 0 Å². The van der Waals surface area contributed by atoms with Gasteiger partial charge in [-0.25, -0.2) is 0 Å². The molecule has 0 aliphatic carbocycles. The smallest absolute Gasteiger partial charge is 0.270 e. The molecule has 2 aromatic rings. The number of anilines is 1.